The zero-order valence-electron chi connectivity index (χ0n) is 13.7. The van der Waals surface area contributed by atoms with E-state index in [4.69, 9.17) is 11.6 Å². The maximum Gasteiger partial charge on any atom is 0.387 e. The number of para-hydroxylation sites is 1. The number of alkyl halides is 2. The number of nitrogens with zero attached hydrogens (tertiary/aromatic N) is 2. The molecular weight excluding hydrogens is 444 g/mol. The quantitative estimate of drug-likeness (QED) is 0.555. The SMILES string of the molecule is O=C(Nc1nn(Cc2ccccc2Cl)cc1Br)c1ccccc1OC(F)F. The molecule has 2 aromatic carbocycles. The van der Waals surface area contributed by atoms with Gasteiger partial charge in [0, 0.05) is 11.2 Å². The number of amides is 1. The van der Waals surface area contributed by atoms with Crippen molar-refractivity contribution < 1.29 is 18.3 Å². The molecule has 1 aromatic heterocycles. The van der Waals surface area contributed by atoms with E-state index in [9.17, 15) is 13.6 Å². The molecule has 0 saturated carbocycles. The van der Waals surface area contributed by atoms with Gasteiger partial charge < -0.3 is 10.1 Å². The third-order valence-electron chi connectivity index (χ3n) is 3.59. The molecule has 1 N–H and O–H groups in total. The lowest BCUT2D eigenvalue weighted by molar-refractivity contribution is -0.0501. The van der Waals surface area contributed by atoms with Crippen LogP contribution in [0.1, 0.15) is 15.9 Å². The van der Waals surface area contributed by atoms with Gasteiger partial charge in [0.1, 0.15) is 5.75 Å². The van der Waals surface area contributed by atoms with Crippen LogP contribution in [0.25, 0.3) is 0 Å². The number of rotatable bonds is 6. The van der Waals surface area contributed by atoms with E-state index in [-0.39, 0.29) is 17.1 Å². The van der Waals surface area contributed by atoms with Crippen molar-refractivity contribution in [3.63, 3.8) is 0 Å². The van der Waals surface area contributed by atoms with Crippen LogP contribution in [-0.4, -0.2) is 22.3 Å². The lowest BCUT2D eigenvalue weighted by Gasteiger charge is -2.10. The molecule has 0 aliphatic carbocycles. The summed E-state index contributed by atoms with van der Waals surface area (Å²) in [5.41, 5.74) is 0.841. The van der Waals surface area contributed by atoms with Crippen LogP contribution in [0.3, 0.4) is 0 Å². The molecule has 0 radical (unpaired) electrons. The number of nitrogens with one attached hydrogen (secondary N) is 1. The van der Waals surface area contributed by atoms with Crippen molar-refractivity contribution in [2.75, 3.05) is 5.32 Å². The Bertz CT molecular complexity index is 965. The molecular formula is C18H13BrClF2N3O2. The summed E-state index contributed by atoms with van der Waals surface area (Å²) in [4.78, 5) is 12.5. The molecule has 0 unspecified atom stereocenters. The van der Waals surface area contributed by atoms with Crippen molar-refractivity contribution in [3.05, 3.63) is 75.4 Å². The molecule has 1 heterocycles. The number of aromatic nitrogens is 2. The summed E-state index contributed by atoms with van der Waals surface area (Å²) in [6.45, 7) is -2.63. The Kier molecular flexibility index (Phi) is 6.08. The van der Waals surface area contributed by atoms with Crippen molar-refractivity contribution in [2.24, 2.45) is 0 Å². The second-order valence-electron chi connectivity index (χ2n) is 5.44. The van der Waals surface area contributed by atoms with Crippen LogP contribution in [-0.2, 0) is 6.54 Å². The third kappa shape index (κ3) is 4.84. The lowest BCUT2D eigenvalue weighted by atomic mass is 10.2. The summed E-state index contributed by atoms with van der Waals surface area (Å²) in [7, 11) is 0. The Morgan fingerprint density at radius 2 is 1.93 bits per heavy atom. The van der Waals surface area contributed by atoms with E-state index in [1.54, 1.807) is 23.0 Å². The second-order valence-corrected chi connectivity index (χ2v) is 6.70. The Hall–Kier alpha value is -2.45. The average molecular weight is 457 g/mol. The van der Waals surface area contributed by atoms with E-state index in [0.717, 1.165) is 5.56 Å². The molecule has 0 aliphatic heterocycles. The first-order chi connectivity index (χ1) is 12.9. The summed E-state index contributed by atoms with van der Waals surface area (Å²) >= 11 is 9.47. The number of anilines is 1. The number of ether oxygens (including phenoxy) is 1. The van der Waals surface area contributed by atoms with Gasteiger partial charge in [-0.2, -0.15) is 13.9 Å². The number of carbonyl (C=O) groups excluding carboxylic acids is 1. The fraction of sp³-hybridized carbons (Fsp3) is 0.111. The predicted octanol–water partition coefficient (Wildman–Crippen LogP) is 5.20. The lowest BCUT2D eigenvalue weighted by Crippen LogP contribution is -2.15. The van der Waals surface area contributed by atoms with Gasteiger partial charge in [0.05, 0.1) is 16.6 Å². The van der Waals surface area contributed by atoms with Crippen LogP contribution < -0.4 is 10.1 Å². The van der Waals surface area contributed by atoms with Gasteiger partial charge in [-0.25, -0.2) is 0 Å². The van der Waals surface area contributed by atoms with Gasteiger partial charge in [0.2, 0.25) is 0 Å². The van der Waals surface area contributed by atoms with Gasteiger partial charge in [-0.1, -0.05) is 41.9 Å². The molecule has 5 nitrogen and oxygen atoms in total. The monoisotopic (exact) mass is 455 g/mol. The van der Waals surface area contributed by atoms with Gasteiger partial charge in [-0.15, -0.1) is 0 Å². The molecule has 0 fully saturated rings. The number of hydrogen-bond acceptors (Lipinski definition) is 3. The summed E-state index contributed by atoms with van der Waals surface area (Å²) in [5, 5.41) is 7.48. The maximum atomic E-state index is 12.5. The van der Waals surface area contributed by atoms with Crippen LogP contribution in [0.4, 0.5) is 14.6 Å². The number of halogens is 4. The van der Waals surface area contributed by atoms with Crippen LogP contribution >= 0.6 is 27.5 Å². The van der Waals surface area contributed by atoms with E-state index in [1.807, 2.05) is 18.2 Å². The molecule has 3 aromatic rings. The molecule has 0 aliphatic rings. The first-order valence-electron chi connectivity index (χ1n) is 7.75. The molecule has 1 amide bonds. The minimum Gasteiger partial charge on any atom is -0.434 e. The molecule has 140 valence electrons. The van der Waals surface area contributed by atoms with Crippen LogP contribution in [0, 0.1) is 0 Å². The summed E-state index contributed by atoms with van der Waals surface area (Å²) < 4.78 is 31.5. The van der Waals surface area contributed by atoms with Crippen molar-refractivity contribution >= 4 is 39.3 Å². The van der Waals surface area contributed by atoms with Crippen molar-refractivity contribution in [3.8, 4) is 5.75 Å². The van der Waals surface area contributed by atoms with E-state index >= 15 is 0 Å². The Morgan fingerprint density at radius 3 is 2.67 bits per heavy atom. The third-order valence-corrected chi connectivity index (χ3v) is 4.54. The predicted molar refractivity (Wildman–Crippen MR) is 102 cm³/mol. The van der Waals surface area contributed by atoms with Crippen LogP contribution in [0.2, 0.25) is 5.02 Å². The minimum absolute atomic E-state index is 0.0228. The first kappa shape index (κ1) is 19.3. The maximum absolute atomic E-state index is 12.5. The minimum atomic E-state index is -3.03. The van der Waals surface area contributed by atoms with Gasteiger partial charge >= 0.3 is 6.61 Å². The molecule has 9 heteroatoms. The molecule has 3 rings (SSSR count). The zero-order chi connectivity index (χ0) is 19.4. The second kappa shape index (κ2) is 8.49. The fourth-order valence-electron chi connectivity index (χ4n) is 2.39. The standard InChI is InChI=1S/C18H13BrClF2N3O2/c19-13-10-25(9-11-5-1-3-7-14(11)20)24-16(13)23-17(26)12-6-2-4-8-15(12)27-18(21)22/h1-8,10,18H,9H2,(H,23,24,26). The van der Waals surface area contributed by atoms with Crippen molar-refractivity contribution in [1.29, 1.82) is 0 Å². The highest BCUT2D eigenvalue weighted by Crippen LogP contribution is 2.25. The molecule has 0 atom stereocenters. The highest BCUT2D eigenvalue weighted by Gasteiger charge is 2.18. The topological polar surface area (TPSA) is 56.2 Å². The first-order valence-corrected chi connectivity index (χ1v) is 8.92. The smallest absolute Gasteiger partial charge is 0.387 e. The largest absolute Gasteiger partial charge is 0.434 e. The van der Waals surface area contributed by atoms with Gasteiger partial charge in [-0.3, -0.25) is 9.48 Å². The Morgan fingerprint density at radius 1 is 1.22 bits per heavy atom. The Balaban J connectivity index is 1.78. The highest BCUT2D eigenvalue weighted by atomic mass is 79.9. The molecule has 0 saturated heterocycles. The van der Waals surface area contributed by atoms with E-state index in [2.05, 4.69) is 31.1 Å². The van der Waals surface area contributed by atoms with Crippen LogP contribution in [0.5, 0.6) is 5.75 Å². The van der Waals surface area contributed by atoms with E-state index < -0.39 is 12.5 Å². The summed E-state index contributed by atoms with van der Waals surface area (Å²) in [5.74, 6) is -0.578. The van der Waals surface area contributed by atoms with Crippen molar-refractivity contribution in [1.82, 2.24) is 9.78 Å². The van der Waals surface area contributed by atoms with Gasteiger partial charge in [0.15, 0.2) is 5.82 Å². The van der Waals surface area contributed by atoms with Crippen molar-refractivity contribution in [2.45, 2.75) is 13.2 Å². The zero-order valence-corrected chi connectivity index (χ0v) is 16.0. The molecule has 27 heavy (non-hydrogen) atoms. The average Bonchev–Trinajstić information content (AvgIpc) is 2.96. The van der Waals surface area contributed by atoms with E-state index in [0.29, 0.717) is 16.0 Å². The van der Waals surface area contributed by atoms with Crippen LogP contribution in [0.15, 0.2) is 59.2 Å². The number of carbonyl (C=O) groups is 1. The molecule has 0 spiro atoms. The van der Waals surface area contributed by atoms with E-state index in [1.165, 1.54) is 18.2 Å². The summed E-state index contributed by atoms with van der Waals surface area (Å²) in [6, 6.07) is 13.1. The van der Waals surface area contributed by atoms with Gasteiger partial charge in [0.25, 0.3) is 5.91 Å². The van der Waals surface area contributed by atoms with Gasteiger partial charge in [-0.05, 0) is 39.7 Å². The Labute approximate surface area is 167 Å². The fourth-order valence-corrected chi connectivity index (χ4v) is 3.00. The normalized spacial score (nSPS) is 10.9. The molecule has 0 bridgehead atoms. The number of hydrogen-bond donors (Lipinski definition) is 1. The summed E-state index contributed by atoms with van der Waals surface area (Å²) in [6.07, 6.45) is 1.68. The highest BCUT2D eigenvalue weighted by molar-refractivity contribution is 9.10. The number of benzene rings is 2.